The fourth-order valence-electron chi connectivity index (χ4n) is 1.51. The first kappa shape index (κ1) is 12.9. The minimum Gasteiger partial charge on any atom is -0.455 e. The second-order valence-corrected chi connectivity index (χ2v) is 3.40. The minimum absolute atomic E-state index is 0.452. The molecule has 0 spiro atoms. The van der Waals surface area contributed by atoms with Crippen LogP contribution in [0, 0.1) is 0 Å². The molecule has 1 heterocycles. The summed E-state index contributed by atoms with van der Waals surface area (Å²) in [6, 6.07) is 0. The predicted molar refractivity (Wildman–Crippen MR) is 49.1 cm³/mol. The Hall–Kier alpha value is -1.18. The van der Waals surface area contributed by atoms with E-state index in [0.717, 1.165) is 6.92 Å². The van der Waals surface area contributed by atoms with Gasteiger partial charge in [-0.15, -0.1) is 0 Å². The van der Waals surface area contributed by atoms with E-state index in [2.05, 4.69) is 0 Å². The molecule has 7 heteroatoms. The third-order valence-electron chi connectivity index (χ3n) is 2.07. The number of carbonyl (C=O) groups is 2. The maximum Gasteiger partial charge on any atom is 0.303 e. The van der Waals surface area contributed by atoms with Crippen molar-refractivity contribution in [2.75, 3.05) is 6.61 Å². The summed E-state index contributed by atoms with van der Waals surface area (Å²) < 4.78 is 14.5. The summed E-state index contributed by atoms with van der Waals surface area (Å²) in [7, 11) is 0. The van der Waals surface area contributed by atoms with Gasteiger partial charge < -0.3 is 24.4 Å². The molecule has 16 heavy (non-hydrogen) atoms. The molecule has 1 aliphatic heterocycles. The largest absolute Gasteiger partial charge is 0.455 e. The average Bonchev–Trinajstić information content (AvgIpc) is 2.44. The van der Waals surface area contributed by atoms with Crippen molar-refractivity contribution < 1.29 is 34.0 Å². The Balaban J connectivity index is 2.76. The van der Waals surface area contributed by atoms with Crippen molar-refractivity contribution in [3.8, 4) is 0 Å². The molecule has 0 aromatic carbocycles. The number of ether oxygens (including phenoxy) is 3. The molecule has 92 valence electrons. The van der Waals surface area contributed by atoms with E-state index in [-0.39, 0.29) is 0 Å². The van der Waals surface area contributed by atoms with Crippen LogP contribution >= 0.6 is 0 Å². The number of esters is 2. The van der Waals surface area contributed by atoms with E-state index in [1.807, 2.05) is 0 Å². The number of hydrogen-bond acceptors (Lipinski definition) is 7. The second kappa shape index (κ2) is 5.24. The van der Waals surface area contributed by atoms with Crippen molar-refractivity contribution in [3.63, 3.8) is 0 Å². The first-order valence-corrected chi connectivity index (χ1v) is 4.74. The minimum atomic E-state index is -1.41. The van der Waals surface area contributed by atoms with Gasteiger partial charge in [0.05, 0.1) is 6.61 Å². The van der Waals surface area contributed by atoms with Gasteiger partial charge >= 0.3 is 11.9 Å². The molecule has 1 rings (SSSR count). The van der Waals surface area contributed by atoms with E-state index in [0.29, 0.717) is 0 Å². The van der Waals surface area contributed by atoms with Crippen molar-refractivity contribution >= 4 is 11.9 Å². The SMILES string of the molecule is CC(=O)O[C@H]1[C@@H](CO)OC(O)[C@@H]1OC(C)=O. The molecule has 1 aliphatic rings. The average molecular weight is 234 g/mol. The van der Waals surface area contributed by atoms with E-state index in [4.69, 9.17) is 19.3 Å². The zero-order valence-corrected chi connectivity index (χ0v) is 8.95. The molecule has 1 unspecified atom stereocenters. The van der Waals surface area contributed by atoms with Crippen molar-refractivity contribution in [3.05, 3.63) is 0 Å². The summed E-state index contributed by atoms with van der Waals surface area (Å²) >= 11 is 0. The van der Waals surface area contributed by atoms with Gasteiger partial charge in [0, 0.05) is 13.8 Å². The van der Waals surface area contributed by atoms with Crippen molar-refractivity contribution in [1.29, 1.82) is 0 Å². The van der Waals surface area contributed by atoms with E-state index in [9.17, 15) is 14.7 Å². The van der Waals surface area contributed by atoms with E-state index in [1.54, 1.807) is 0 Å². The fraction of sp³-hybridized carbons (Fsp3) is 0.778. The van der Waals surface area contributed by atoms with Crippen LogP contribution in [0.15, 0.2) is 0 Å². The third-order valence-corrected chi connectivity index (χ3v) is 2.07. The summed E-state index contributed by atoms with van der Waals surface area (Å²) in [5, 5.41) is 18.4. The van der Waals surface area contributed by atoms with Crippen LogP contribution in [-0.4, -0.2) is 53.4 Å². The van der Waals surface area contributed by atoms with Crippen LogP contribution in [0.25, 0.3) is 0 Å². The molecule has 0 aromatic rings. The molecule has 1 fully saturated rings. The molecular weight excluding hydrogens is 220 g/mol. The van der Waals surface area contributed by atoms with Crippen molar-refractivity contribution in [2.24, 2.45) is 0 Å². The Bertz CT molecular complexity index is 277. The highest BCUT2D eigenvalue weighted by Crippen LogP contribution is 2.25. The number of rotatable bonds is 3. The molecule has 0 radical (unpaired) electrons. The van der Waals surface area contributed by atoms with Gasteiger partial charge in [0.25, 0.3) is 0 Å². The number of hydrogen-bond donors (Lipinski definition) is 2. The summed E-state index contributed by atoms with van der Waals surface area (Å²) in [5.41, 5.74) is 0. The van der Waals surface area contributed by atoms with E-state index >= 15 is 0 Å². The first-order chi connectivity index (χ1) is 7.45. The van der Waals surface area contributed by atoms with Crippen molar-refractivity contribution in [2.45, 2.75) is 38.4 Å². The van der Waals surface area contributed by atoms with Crippen LogP contribution in [0.5, 0.6) is 0 Å². The molecular formula is C9H14O7. The maximum atomic E-state index is 10.8. The molecule has 0 bridgehead atoms. The first-order valence-electron chi connectivity index (χ1n) is 4.74. The lowest BCUT2D eigenvalue weighted by Crippen LogP contribution is -2.40. The zero-order chi connectivity index (χ0) is 12.3. The van der Waals surface area contributed by atoms with Gasteiger partial charge in [-0.05, 0) is 0 Å². The molecule has 1 saturated heterocycles. The van der Waals surface area contributed by atoms with Gasteiger partial charge in [0.15, 0.2) is 18.5 Å². The maximum absolute atomic E-state index is 10.8. The quantitative estimate of drug-likeness (QED) is 0.576. The van der Waals surface area contributed by atoms with Crippen LogP contribution in [0.2, 0.25) is 0 Å². The molecule has 0 saturated carbocycles. The van der Waals surface area contributed by atoms with Gasteiger partial charge in [0.2, 0.25) is 0 Å². The lowest BCUT2D eigenvalue weighted by molar-refractivity contribution is -0.174. The smallest absolute Gasteiger partial charge is 0.303 e. The Labute approximate surface area is 91.9 Å². The van der Waals surface area contributed by atoms with Crippen molar-refractivity contribution in [1.82, 2.24) is 0 Å². The highest BCUT2D eigenvalue weighted by Gasteiger charge is 2.48. The predicted octanol–water partition coefficient (Wildman–Crippen LogP) is -1.44. The second-order valence-electron chi connectivity index (χ2n) is 3.40. The summed E-state index contributed by atoms with van der Waals surface area (Å²) in [6.07, 6.45) is -4.42. The Kier molecular flexibility index (Phi) is 4.22. The number of carbonyl (C=O) groups excluding carboxylic acids is 2. The highest BCUT2D eigenvalue weighted by atomic mass is 16.7. The zero-order valence-electron chi connectivity index (χ0n) is 8.95. The Morgan fingerprint density at radius 2 is 1.69 bits per heavy atom. The lowest BCUT2D eigenvalue weighted by atomic mass is 10.1. The monoisotopic (exact) mass is 234 g/mol. The van der Waals surface area contributed by atoms with Crippen LogP contribution in [0.1, 0.15) is 13.8 Å². The molecule has 7 nitrogen and oxygen atoms in total. The highest BCUT2D eigenvalue weighted by molar-refractivity contribution is 5.67. The normalized spacial score (nSPS) is 33.5. The van der Waals surface area contributed by atoms with E-state index < -0.39 is 43.1 Å². The Morgan fingerprint density at radius 3 is 2.12 bits per heavy atom. The molecule has 4 atom stereocenters. The molecule has 0 amide bonds. The molecule has 0 aliphatic carbocycles. The molecule has 0 aromatic heterocycles. The summed E-state index contributed by atoms with van der Waals surface area (Å²) in [5.74, 6) is -1.25. The summed E-state index contributed by atoms with van der Waals surface area (Å²) in [6.45, 7) is 1.88. The van der Waals surface area contributed by atoms with Crippen LogP contribution in [0.3, 0.4) is 0 Å². The number of aliphatic hydroxyl groups excluding tert-OH is 2. The van der Waals surface area contributed by atoms with Gasteiger partial charge in [-0.3, -0.25) is 9.59 Å². The van der Waals surface area contributed by atoms with Gasteiger partial charge in [-0.2, -0.15) is 0 Å². The fourth-order valence-corrected chi connectivity index (χ4v) is 1.51. The number of aliphatic hydroxyl groups is 2. The van der Waals surface area contributed by atoms with Gasteiger partial charge in [-0.25, -0.2) is 0 Å². The van der Waals surface area contributed by atoms with Crippen LogP contribution < -0.4 is 0 Å². The van der Waals surface area contributed by atoms with Crippen LogP contribution in [0.4, 0.5) is 0 Å². The van der Waals surface area contributed by atoms with Gasteiger partial charge in [-0.1, -0.05) is 0 Å². The summed E-state index contributed by atoms with van der Waals surface area (Å²) in [4.78, 5) is 21.6. The topological polar surface area (TPSA) is 102 Å². The lowest BCUT2D eigenvalue weighted by Gasteiger charge is -2.21. The standard InChI is InChI=1S/C9H14O7/c1-4(11)14-7-6(3-10)16-9(13)8(7)15-5(2)12/h6-10,13H,3H2,1-2H3/t6-,7+,8-,9?/m1/s1. The Morgan fingerprint density at radius 1 is 1.19 bits per heavy atom. The van der Waals surface area contributed by atoms with Crippen LogP contribution in [-0.2, 0) is 23.8 Å². The third kappa shape index (κ3) is 2.91. The molecule has 2 N–H and O–H groups in total. The van der Waals surface area contributed by atoms with E-state index in [1.165, 1.54) is 6.92 Å². The van der Waals surface area contributed by atoms with Gasteiger partial charge in [0.1, 0.15) is 6.10 Å².